The standard InChI is InChI=1S/C23H28N6O2/c1-17-9-11-28(12-10-17)22-21(8-3-18(2)26-22)23(30)27-19-4-6-20(7-5-19)31-14-13-29-16-24-15-25-29/h3-8,15-17H,9-14H2,1-2H3,(H,27,30). The van der Waals surface area contributed by atoms with E-state index in [0.29, 0.717) is 24.4 Å². The fraction of sp³-hybridized carbons (Fsp3) is 0.391. The van der Waals surface area contributed by atoms with Crippen LogP contribution < -0.4 is 15.0 Å². The molecule has 3 heterocycles. The zero-order valence-corrected chi connectivity index (χ0v) is 18.0. The van der Waals surface area contributed by atoms with E-state index < -0.39 is 0 Å². The fourth-order valence-electron chi connectivity index (χ4n) is 3.62. The minimum absolute atomic E-state index is 0.152. The number of benzene rings is 1. The molecule has 0 radical (unpaired) electrons. The van der Waals surface area contributed by atoms with Gasteiger partial charge in [0.05, 0.1) is 12.1 Å². The number of ether oxygens (including phenoxy) is 1. The van der Waals surface area contributed by atoms with Crippen molar-refractivity contribution in [2.75, 3.05) is 29.9 Å². The van der Waals surface area contributed by atoms with E-state index in [4.69, 9.17) is 4.74 Å². The van der Waals surface area contributed by atoms with Crippen molar-refractivity contribution in [1.82, 2.24) is 19.7 Å². The lowest BCUT2D eigenvalue weighted by Crippen LogP contribution is -2.35. The minimum Gasteiger partial charge on any atom is -0.492 e. The van der Waals surface area contributed by atoms with Gasteiger partial charge in [-0.2, -0.15) is 5.10 Å². The Labute approximate surface area is 182 Å². The predicted octanol–water partition coefficient (Wildman–Crippen LogP) is 3.55. The first-order chi connectivity index (χ1) is 15.1. The lowest BCUT2D eigenvalue weighted by Gasteiger charge is -2.32. The number of rotatable bonds is 7. The van der Waals surface area contributed by atoms with Gasteiger partial charge in [0.1, 0.15) is 30.8 Å². The van der Waals surface area contributed by atoms with Gasteiger partial charge in [-0.3, -0.25) is 4.79 Å². The van der Waals surface area contributed by atoms with Crippen LogP contribution in [0.4, 0.5) is 11.5 Å². The molecule has 4 rings (SSSR count). The number of piperidine rings is 1. The molecule has 2 aromatic heterocycles. The monoisotopic (exact) mass is 420 g/mol. The first-order valence-corrected chi connectivity index (χ1v) is 10.7. The molecule has 1 aliphatic heterocycles. The maximum atomic E-state index is 13.0. The Morgan fingerprint density at radius 1 is 1.16 bits per heavy atom. The van der Waals surface area contributed by atoms with Crippen LogP contribution in [0.5, 0.6) is 5.75 Å². The Hall–Kier alpha value is -3.42. The van der Waals surface area contributed by atoms with Crippen molar-refractivity contribution < 1.29 is 9.53 Å². The second-order valence-electron chi connectivity index (χ2n) is 7.98. The van der Waals surface area contributed by atoms with E-state index in [0.717, 1.165) is 49.1 Å². The Kier molecular flexibility index (Phi) is 6.45. The molecule has 3 aromatic rings. The third-order valence-electron chi connectivity index (χ3n) is 5.51. The van der Waals surface area contributed by atoms with Crippen molar-refractivity contribution in [3.63, 3.8) is 0 Å². The highest BCUT2D eigenvalue weighted by molar-refractivity contribution is 6.07. The van der Waals surface area contributed by atoms with Gasteiger partial charge in [-0.1, -0.05) is 6.92 Å². The zero-order chi connectivity index (χ0) is 21.6. The number of hydrogen-bond acceptors (Lipinski definition) is 6. The molecule has 1 fully saturated rings. The van der Waals surface area contributed by atoms with Gasteiger partial charge in [0, 0.05) is 24.5 Å². The average Bonchev–Trinajstić information content (AvgIpc) is 3.29. The van der Waals surface area contributed by atoms with E-state index in [2.05, 4.69) is 32.2 Å². The molecule has 1 aliphatic rings. The third-order valence-corrected chi connectivity index (χ3v) is 5.51. The van der Waals surface area contributed by atoms with Gasteiger partial charge in [-0.15, -0.1) is 0 Å². The van der Waals surface area contributed by atoms with Gasteiger partial charge >= 0.3 is 0 Å². The van der Waals surface area contributed by atoms with E-state index in [1.807, 2.05) is 43.3 Å². The number of nitrogens with one attached hydrogen (secondary N) is 1. The van der Waals surface area contributed by atoms with E-state index in [1.165, 1.54) is 6.33 Å². The van der Waals surface area contributed by atoms with Gasteiger partial charge < -0.3 is 15.0 Å². The number of hydrogen-bond donors (Lipinski definition) is 1. The van der Waals surface area contributed by atoms with E-state index >= 15 is 0 Å². The summed E-state index contributed by atoms with van der Waals surface area (Å²) in [5.41, 5.74) is 2.23. The molecule has 1 aromatic carbocycles. The Morgan fingerprint density at radius 3 is 2.65 bits per heavy atom. The summed E-state index contributed by atoms with van der Waals surface area (Å²) in [6, 6.07) is 11.1. The molecule has 0 atom stereocenters. The molecule has 1 N–H and O–H groups in total. The highest BCUT2D eigenvalue weighted by Gasteiger charge is 2.22. The summed E-state index contributed by atoms with van der Waals surface area (Å²) >= 11 is 0. The Morgan fingerprint density at radius 2 is 1.94 bits per heavy atom. The molecule has 1 saturated heterocycles. The van der Waals surface area contributed by atoms with E-state index in [-0.39, 0.29) is 5.91 Å². The van der Waals surface area contributed by atoms with Crippen LogP contribution >= 0.6 is 0 Å². The van der Waals surface area contributed by atoms with Gasteiger partial charge in [0.25, 0.3) is 5.91 Å². The second-order valence-corrected chi connectivity index (χ2v) is 7.98. The topological polar surface area (TPSA) is 85.2 Å². The molecule has 0 unspecified atom stereocenters. The molecule has 0 bridgehead atoms. The SMILES string of the molecule is Cc1ccc(C(=O)Nc2ccc(OCCn3cncn3)cc2)c(N2CCC(C)CC2)n1. The van der Waals surface area contributed by atoms with Gasteiger partial charge in [-0.25, -0.2) is 14.6 Å². The first-order valence-electron chi connectivity index (χ1n) is 10.7. The van der Waals surface area contributed by atoms with Crippen LogP contribution in [0.3, 0.4) is 0 Å². The number of nitrogens with zero attached hydrogens (tertiary/aromatic N) is 5. The molecule has 162 valence electrons. The quantitative estimate of drug-likeness (QED) is 0.629. The average molecular weight is 421 g/mol. The molecule has 8 nitrogen and oxygen atoms in total. The highest BCUT2D eigenvalue weighted by atomic mass is 16.5. The molecule has 31 heavy (non-hydrogen) atoms. The van der Waals surface area contributed by atoms with E-state index in [1.54, 1.807) is 11.0 Å². The predicted molar refractivity (Wildman–Crippen MR) is 119 cm³/mol. The highest BCUT2D eigenvalue weighted by Crippen LogP contribution is 2.26. The molecule has 1 amide bonds. The molecular weight excluding hydrogens is 392 g/mol. The van der Waals surface area contributed by atoms with Crippen molar-refractivity contribution in [2.45, 2.75) is 33.2 Å². The summed E-state index contributed by atoms with van der Waals surface area (Å²) in [5, 5.41) is 7.03. The summed E-state index contributed by atoms with van der Waals surface area (Å²) in [6.45, 7) is 7.20. The summed E-state index contributed by atoms with van der Waals surface area (Å²) in [6.07, 6.45) is 5.39. The van der Waals surface area contributed by atoms with Crippen molar-refractivity contribution >= 4 is 17.4 Å². The number of pyridine rings is 1. The summed E-state index contributed by atoms with van der Waals surface area (Å²) in [5.74, 6) is 2.08. The maximum absolute atomic E-state index is 13.0. The van der Waals surface area contributed by atoms with Crippen LogP contribution in [0.15, 0.2) is 49.1 Å². The van der Waals surface area contributed by atoms with Crippen LogP contribution in [0.25, 0.3) is 0 Å². The normalized spacial score (nSPS) is 14.5. The van der Waals surface area contributed by atoms with Crippen molar-refractivity contribution in [2.24, 2.45) is 5.92 Å². The van der Waals surface area contributed by atoms with Gasteiger partial charge in [0.2, 0.25) is 0 Å². The maximum Gasteiger partial charge on any atom is 0.259 e. The first kappa shape index (κ1) is 20.8. The van der Waals surface area contributed by atoms with E-state index in [9.17, 15) is 4.79 Å². The van der Waals surface area contributed by atoms with Crippen LogP contribution in [0, 0.1) is 12.8 Å². The summed E-state index contributed by atoms with van der Waals surface area (Å²) in [4.78, 5) is 23.8. The van der Waals surface area contributed by atoms with Crippen LogP contribution in [0.1, 0.15) is 35.8 Å². The minimum atomic E-state index is -0.152. The summed E-state index contributed by atoms with van der Waals surface area (Å²) in [7, 11) is 0. The molecule has 8 heteroatoms. The van der Waals surface area contributed by atoms with Gasteiger partial charge in [-0.05, 0) is 62.1 Å². The Bertz CT molecular complexity index is 995. The zero-order valence-electron chi connectivity index (χ0n) is 18.0. The molecule has 0 aliphatic carbocycles. The Balaban J connectivity index is 1.39. The largest absolute Gasteiger partial charge is 0.492 e. The number of carbonyl (C=O) groups is 1. The molecule has 0 saturated carbocycles. The molecule has 0 spiro atoms. The number of aromatic nitrogens is 4. The second kappa shape index (κ2) is 9.59. The van der Waals surface area contributed by atoms with Crippen LogP contribution in [-0.2, 0) is 6.54 Å². The lowest BCUT2D eigenvalue weighted by molar-refractivity contribution is 0.102. The van der Waals surface area contributed by atoms with Crippen molar-refractivity contribution in [1.29, 1.82) is 0 Å². The van der Waals surface area contributed by atoms with Crippen LogP contribution in [-0.4, -0.2) is 45.4 Å². The van der Waals surface area contributed by atoms with Crippen molar-refractivity contribution in [3.8, 4) is 5.75 Å². The third kappa shape index (κ3) is 5.39. The van der Waals surface area contributed by atoms with Gasteiger partial charge in [0.15, 0.2) is 0 Å². The van der Waals surface area contributed by atoms with Crippen LogP contribution in [0.2, 0.25) is 0 Å². The number of carbonyl (C=O) groups excluding carboxylic acids is 1. The number of amides is 1. The number of anilines is 2. The molecular formula is C23H28N6O2. The lowest BCUT2D eigenvalue weighted by atomic mass is 9.99. The number of aryl methyl sites for hydroxylation is 1. The smallest absolute Gasteiger partial charge is 0.259 e. The van der Waals surface area contributed by atoms with Crippen molar-refractivity contribution in [3.05, 3.63) is 60.3 Å². The fourth-order valence-corrected chi connectivity index (χ4v) is 3.62. The summed E-state index contributed by atoms with van der Waals surface area (Å²) < 4.78 is 7.44.